The molecule has 1 aromatic carbocycles. The standard InChI is InChI=1S/C18H29NO2/c1-12-8-9-15(20-7)13(10-12)16(19-6)14-11-17(2,3)21-18(14,4)5/h8-10,14,16,19H,11H2,1-7H3. The van der Waals surface area contributed by atoms with E-state index in [1.165, 1.54) is 11.1 Å². The second kappa shape index (κ2) is 5.62. The average molecular weight is 291 g/mol. The molecule has 2 unspecified atom stereocenters. The molecule has 118 valence electrons. The van der Waals surface area contributed by atoms with Crippen molar-refractivity contribution in [1.29, 1.82) is 0 Å². The Morgan fingerprint density at radius 2 is 1.95 bits per heavy atom. The van der Waals surface area contributed by atoms with E-state index in [-0.39, 0.29) is 17.2 Å². The number of methoxy groups -OCH3 is 1. The summed E-state index contributed by atoms with van der Waals surface area (Å²) in [4.78, 5) is 0. The van der Waals surface area contributed by atoms with Crippen LogP contribution in [0.4, 0.5) is 0 Å². The van der Waals surface area contributed by atoms with Crippen molar-refractivity contribution in [2.24, 2.45) is 5.92 Å². The minimum atomic E-state index is -0.161. The highest BCUT2D eigenvalue weighted by Crippen LogP contribution is 2.48. The molecule has 0 aliphatic carbocycles. The van der Waals surface area contributed by atoms with E-state index in [1.54, 1.807) is 7.11 Å². The second-order valence-corrected chi connectivity index (χ2v) is 7.29. The van der Waals surface area contributed by atoms with Gasteiger partial charge in [-0.3, -0.25) is 0 Å². The molecular weight excluding hydrogens is 262 g/mol. The molecule has 0 saturated carbocycles. The predicted molar refractivity (Wildman–Crippen MR) is 86.9 cm³/mol. The third-order valence-electron chi connectivity index (χ3n) is 4.58. The van der Waals surface area contributed by atoms with Gasteiger partial charge in [0.25, 0.3) is 0 Å². The Hall–Kier alpha value is -1.06. The Kier molecular flexibility index (Phi) is 4.36. The summed E-state index contributed by atoms with van der Waals surface area (Å²) in [6.45, 7) is 10.9. The number of ether oxygens (including phenoxy) is 2. The van der Waals surface area contributed by atoms with Crippen LogP contribution in [0.5, 0.6) is 5.75 Å². The number of hydrogen-bond donors (Lipinski definition) is 1. The molecule has 1 aromatic rings. The summed E-state index contributed by atoms with van der Waals surface area (Å²) in [5, 5.41) is 3.50. The third-order valence-corrected chi connectivity index (χ3v) is 4.58. The van der Waals surface area contributed by atoms with Gasteiger partial charge in [-0.25, -0.2) is 0 Å². The normalized spacial score (nSPS) is 24.8. The van der Waals surface area contributed by atoms with Crippen molar-refractivity contribution in [2.45, 2.75) is 58.3 Å². The van der Waals surface area contributed by atoms with Crippen molar-refractivity contribution in [1.82, 2.24) is 5.32 Å². The Morgan fingerprint density at radius 1 is 1.29 bits per heavy atom. The van der Waals surface area contributed by atoms with Gasteiger partial charge < -0.3 is 14.8 Å². The number of rotatable bonds is 4. The minimum absolute atomic E-state index is 0.0830. The summed E-state index contributed by atoms with van der Waals surface area (Å²) < 4.78 is 11.9. The molecule has 3 heteroatoms. The van der Waals surface area contributed by atoms with E-state index in [0.717, 1.165) is 12.2 Å². The van der Waals surface area contributed by atoms with Gasteiger partial charge in [0, 0.05) is 17.5 Å². The second-order valence-electron chi connectivity index (χ2n) is 7.29. The Morgan fingerprint density at radius 3 is 2.43 bits per heavy atom. The molecule has 0 spiro atoms. The van der Waals surface area contributed by atoms with Crippen LogP contribution in [0.3, 0.4) is 0 Å². The lowest BCUT2D eigenvalue weighted by atomic mass is 9.78. The molecule has 1 fully saturated rings. The SMILES string of the molecule is CNC(c1cc(C)ccc1OC)C1CC(C)(C)OC1(C)C. The van der Waals surface area contributed by atoms with Crippen molar-refractivity contribution < 1.29 is 9.47 Å². The molecular formula is C18H29NO2. The molecule has 21 heavy (non-hydrogen) atoms. The monoisotopic (exact) mass is 291 g/mol. The van der Waals surface area contributed by atoms with Crippen LogP contribution in [0.1, 0.15) is 51.3 Å². The van der Waals surface area contributed by atoms with Gasteiger partial charge in [-0.2, -0.15) is 0 Å². The Labute approximate surface area is 129 Å². The van der Waals surface area contributed by atoms with E-state index in [0.29, 0.717) is 5.92 Å². The van der Waals surface area contributed by atoms with Crippen LogP contribution in [0.25, 0.3) is 0 Å². The molecule has 2 rings (SSSR count). The quantitative estimate of drug-likeness (QED) is 0.914. The summed E-state index contributed by atoms with van der Waals surface area (Å²) in [6, 6.07) is 6.59. The molecule has 1 aliphatic heterocycles. The summed E-state index contributed by atoms with van der Waals surface area (Å²) >= 11 is 0. The first-order valence-corrected chi connectivity index (χ1v) is 7.72. The lowest BCUT2D eigenvalue weighted by Crippen LogP contribution is -2.37. The topological polar surface area (TPSA) is 30.5 Å². The van der Waals surface area contributed by atoms with Gasteiger partial charge >= 0.3 is 0 Å². The smallest absolute Gasteiger partial charge is 0.123 e. The molecule has 0 amide bonds. The Balaban J connectivity index is 2.43. The average Bonchev–Trinajstić information content (AvgIpc) is 2.59. The molecule has 0 bridgehead atoms. The summed E-state index contributed by atoms with van der Waals surface area (Å²) in [5.74, 6) is 1.34. The van der Waals surface area contributed by atoms with Crippen molar-refractivity contribution >= 4 is 0 Å². The van der Waals surface area contributed by atoms with E-state index >= 15 is 0 Å². The zero-order valence-electron chi connectivity index (χ0n) is 14.4. The van der Waals surface area contributed by atoms with E-state index < -0.39 is 0 Å². The molecule has 0 radical (unpaired) electrons. The first-order valence-electron chi connectivity index (χ1n) is 7.72. The van der Waals surface area contributed by atoms with Crippen LogP contribution in [0.2, 0.25) is 0 Å². The fourth-order valence-corrected chi connectivity index (χ4v) is 3.79. The third kappa shape index (κ3) is 3.24. The highest BCUT2D eigenvalue weighted by Gasteiger charge is 2.49. The van der Waals surface area contributed by atoms with Crippen molar-refractivity contribution in [2.75, 3.05) is 14.2 Å². The Bertz CT molecular complexity index is 508. The molecule has 1 aliphatic rings. The number of nitrogens with one attached hydrogen (secondary N) is 1. The van der Waals surface area contributed by atoms with Crippen LogP contribution in [-0.4, -0.2) is 25.4 Å². The maximum absolute atomic E-state index is 6.28. The lowest BCUT2D eigenvalue weighted by molar-refractivity contribution is -0.0777. The van der Waals surface area contributed by atoms with Crippen molar-refractivity contribution in [3.63, 3.8) is 0 Å². The maximum Gasteiger partial charge on any atom is 0.123 e. The number of aryl methyl sites for hydroxylation is 1. The maximum atomic E-state index is 6.28. The van der Waals surface area contributed by atoms with Gasteiger partial charge in [-0.05, 0) is 54.2 Å². The lowest BCUT2D eigenvalue weighted by Gasteiger charge is -2.34. The van der Waals surface area contributed by atoms with E-state index in [2.05, 4.69) is 58.1 Å². The zero-order chi connectivity index (χ0) is 15.8. The molecule has 1 saturated heterocycles. The summed E-state index contributed by atoms with van der Waals surface area (Å²) in [6.07, 6.45) is 1.03. The van der Waals surface area contributed by atoms with Crippen LogP contribution in [0, 0.1) is 12.8 Å². The molecule has 3 nitrogen and oxygen atoms in total. The van der Waals surface area contributed by atoms with Gasteiger partial charge in [-0.15, -0.1) is 0 Å². The fourth-order valence-electron chi connectivity index (χ4n) is 3.79. The molecule has 0 aromatic heterocycles. The van der Waals surface area contributed by atoms with E-state index in [4.69, 9.17) is 9.47 Å². The van der Waals surface area contributed by atoms with Crippen LogP contribution < -0.4 is 10.1 Å². The molecule has 1 heterocycles. The summed E-state index contributed by atoms with van der Waals surface area (Å²) in [7, 11) is 3.76. The largest absolute Gasteiger partial charge is 0.496 e. The molecule has 2 atom stereocenters. The van der Waals surface area contributed by atoms with Crippen LogP contribution in [0.15, 0.2) is 18.2 Å². The van der Waals surface area contributed by atoms with Gasteiger partial charge in [-0.1, -0.05) is 17.7 Å². The first kappa shape index (κ1) is 16.3. The van der Waals surface area contributed by atoms with Crippen LogP contribution >= 0.6 is 0 Å². The van der Waals surface area contributed by atoms with Gasteiger partial charge in [0.05, 0.1) is 18.3 Å². The first-order chi connectivity index (χ1) is 9.70. The highest BCUT2D eigenvalue weighted by molar-refractivity contribution is 5.40. The fraction of sp³-hybridized carbons (Fsp3) is 0.667. The molecule has 1 N–H and O–H groups in total. The zero-order valence-corrected chi connectivity index (χ0v) is 14.4. The van der Waals surface area contributed by atoms with E-state index in [9.17, 15) is 0 Å². The van der Waals surface area contributed by atoms with Gasteiger partial charge in [0.1, 0.15) is 5.75 Å². The number of hydrogen-bond acceptors (Lipinski definition) is 3. The summed E-state index contributed by atoms with van der Waals surface area (Å²) in [5.41, 5.74) is 2.23. The van der Waals surface area contributed by atoms with Crippen molar-refractivity contribution in [3.8, 4) is 5.75 Å². The van der Waals surface area contributed by atoms with Gasteiger partial charge in [0.2, 0.25) is 0 Å². The predicted octanol–water partition coefficient (Wildman–Crippen LogP) is 3.86. The highest BCUT2D eigenvalue weighted by atomic mass is 16.5. The van der Waals surface area contributed by atoms with Gasteiger partial charge in [0.15, 0.2) is 0 Å². The minimum Gasteiger partial charge on any atom is -0.496 e. The van der Waals surface area contributed by atoms with Crippen LogP contribution in [-0.2, 0) is 4.74 Å². The number of benzene rings is 1. The van der Waals surface area contributed by atoms with Crippen molar-refractivity contribution in [3.05, 3.63) is 29.3 Å². The van der Waals surface area contributed by atoms with E-state index in [1.807, 2.05) is 7.05 Å².